The molecule has 1 aromatic carbocycles. The first kappa shape index (κ1) is 17.7. The summed E-state index contributed by atoms with van der Waals surface area (Å²) in [5, 5.41) is 0. The summed E-state index contributed by atoms with van der Waals surface area (Å²) in [7, 11) is 1.64. The maximum Gasteiger partial charge on any atom is 0.163 e. The fourth-order valence-corrected chi connectivity index (χ4v) is 2.35. The van der Waals surface area contributed by atoms with Gasteiger partial charge in [-0.1, -0.05) is 24.3 Å². The van der Waals surface area contributed by atoms with Crippen molar-refractivity contribution in [1.82, 2.24) is 0 Å². The molecule has 0 unspecified atom stereocenters. The van der Waals surface area contributed by atoms with E-state index < -0.39 is 5.79 Å². The van der Waals surface area contributed by atoms with Crippen LogP contribution in [0.15, 0.2) is 36.4 Å². The molecule has 0 saturated carbocycles. The van der Waals surface area contributed by atoms with E-state index in [2.05, 4.69) is 0 Å². The van der Waals surface area contributed by atoms with Crippen LogP contribution in [0.5, 0.6) is 5.75 Å². The predicted molar refractivity (Wildman–Crippen MR) is 86.3 cm³/mol. The van der Waals surface area contributed by atoms with Crippen LogP contribution in [-0.2, 0) is 25.6 Å². The number of aldehydes is 1. The second-order valence-electron chi connectivity index (χ2n) is 5.82. The molecule has 126 valence electrons. The zero-order valence-corrected chi connectivity index (χ0v) is 13.9. The Kier molecular flexibility index (Phi) is 6.33. The predicted octanol–water partition coefficient (Wildman–Crippen LogP) is 2.88. The number of carbonyl (C=O) groups excluding carboxylic acids is 1. The molecule has 1 heterocycles. The first-order valence-electron chi connectivity index (χ1n) is 7.70. The third kappa shape index (κ3) is 5.46. The van der Waals surface area contributed by atoms with E-state index in [4.69, 9.17) is 18.9 Å². The van der Waals surface area contributed by atoms with Gasteiger partial charge in [-0.05, 0) is 31.5 Å². The van der Waals surface area contributed by atoms with Crippen LogP contribution in [0.2, 0.25) is 0 Å². The van der Waals surface area contributed by atoms with Crippen LogP contribution in [0.3, 0.4) is 0 Å². The zero-order valence-electron chi connectivity index (χ0n) is 13.9. The Hall–Kier alpha value is -1.69. The smallest absolute Gasteiger partial charge is 0.163 e. The van der Waals surface area contributed by atoms with E-state index in [0.29, 0.717) is 19.6 Å². The van der Waals surface area contributed by atoms with E-state index in [1.54, 1.807) is 13.2 Å². The van der Waals surface area contributed by atoms with Gasteiger partial charge in [0.25, 0.3) is 0 Å². The third-order valence-corrected chi connectivity index (χ3v) is 3.56. The van der Waals surface area contributed by atoms with Crippen molar-refractivity contribution in [3.63, 3.8) is 0 Å². The molecule has 0 spiro atoms. The molecule has 2 rings (SSSR count). The molecule has 0 aromatic heterocycles. The van der Waals surface area contributed by atoms with E-state index in [0.717, 1.165) is 17.6 Å². The first-order valence-corrected chi connectivity index (χ1v) is 7.70. The van der Waals surface area contributed by atoms with Crippen molar-refractivity contribution >= 4 is 6.29 Å². The summed E-state index contributed by atoms with van der Waals surface area (Å²) in [6.07, 6.45) is 4.42. The molecule has 1 aromatic rings. The minimum atomic E-state index is -0.606. The van der Waals surface area contributed by atoms with Gasteiger partial charge in [0.1, 0.15) is 24.2 Å². The van der Waals surface area contributed by atoms with Gasteiger partial charge in [-0.2, -0.15) is 0 Å². The number of hydrogen-bond donors (Lipinski definition) is 0. The van der Waals surface area contributed by atoms with Gasteiger partial charge < -0.3 is 23.7 Å². The summed E-state index contributed by atoms with van der Waals surface area (Å²) in [6.45, 7) is 4.66. The van der Waals surface area contributed by atoms with Gasteiger partial charge in [0.15, 0.2) is 5.79 Å². The number of hydrogen-bond acceptors (Lipinski definition) is 5. The van der Waals surface area contributed by atoms with E-state index in [1.165, 1.54) is 0 Å². The largest absolute Gasteiger partial charge is 0.497 e. The fourth-order valence-electron chi connectivity index (χ4n) is 2.35. The molecular weight excluding hydrogens is 296 g/mol. The van der Waals surface area contributed by atoms with Crippen molar-refractivity contribution in [2.24, 2.45) is 0 Å². The van der Waals surface area contributed by atoms with Gasteiger partial charge in [-0.3, -0.25) is 0 Å². The third-order valence-electron chi connectivity index (χ3n) is 3.56. The number of methoxy groups -OCH3 is 1. The van der Waals surface area contributed by atoms with Crippen LogP contribution >= 0.6 is 0 Å². The lowest BCUT2D eigenvalue weighted by atomic mass is 10.1. The second-order valence-corrected chi connectivity index (χ2v) is 5.82. The molecule has 2 atom stereocenters. The zero-order chi connectivity index (χ0) is 16.7. The molecule has 1 aliphatic rings. The summed E-state index contributed by atoms with van der Waals surface area (Å²) in [4.78, 5) is 10.5. The second kappa shape index (κ2) is 8.24. The Balaban J connectivity index is 1.97. The Morgan fingerprint density at radius 1 is 1.35 bits per heavy atom. The average molecular weight is 320 g/mol. The quantitative estimate of drug-likeness (QED) is 0.544. The molecule has 23 heavy (non-hydrogen) atoms. The van der Waals surface area contributed by atoms with E-state index in [9.17, 15) is 4.79 Å². The van der Waals surface area contributed by atoms with Gasteiger partial charge >= 0.3 is 0 Å². The van der Waals surface area contributed by atoms with Crippen LogP contribution in [-0.4, -0.2) is 38.0 Å². The van der Waals surface area contributed by atoms with Crippen molar-refractivity contribution in [1.29, 1.82) is 0 Å². The van der Waals surface area contributed by atoms with Gasteiger partial charge in [-0.15, -0.1) is 0 Å². The Morgan fingerprint density at radius 3 is 2.65 bits per heavy atom. The van der Waals surface area contributed by atoms with Crippen molar-refractivity contribution in [2.75, 3.05) is 13.7 Å². The highest BCUT2D eigenvalue weighted by molar-refractivity contribution is 5.51. The maximum atomic E-state index is 10.5. The number of ether oxygens (including phenoxy) is 4. The van der Waals surface area contributed by atoms with E-state index in [1.807, 2.05) is 44.2 Å². The van der Waals surface area contributed by atoms with Crippen LogP contribution in [0.25, 0.3) is 0 Å². The average Bonchev–Trinajstić information content (AvgIpc) is 2.91. The monoisotopic (exact) mass is 320 g/mol. The normalized spacial score (nSPS) is 21.4. The number of rotatable bonds is 8. The van der Waals surface area contributed by atoms with E-state index >= 15 is 0 Å². The van der Waals surface area contributed by atoms with Gasteiger partial charge in [0.05, 0.1) is 20.3 Å². The van der Waals surface area contributed by atoms with Gasteiger partial charge in [0, 0.05) is 6.42 Å². The Morgan fingerprint density at radius 2 is 2.09 bits per heavy atom. The van der Waals surface area contributed by atoms with Crippen LogP contribution in [0.4, 0.5) is 0 Å². The standard InChI is InChI=1S/C18H24O5/c1-18(2)22-13-17(23-18)16(6-4-5-11-19)21-12-14-7-9-15(20-3)10-8-14/h4,6-11,16-17H,5,12-13H2,1-3H3/t16-,17+/m1/s1. The van der Waals surface area contributed by atoms with Crippen LogP contribution in [0.1, 0.15) is 25.8 Å². The summed E-state index contributed by atoms with van der Waals surface area (Å²) in [5.41, 5.74) is 1.04. The van der Waals surface area contributed by atoms with Crippen molar-refractivity contribution in [2.45, 2.75) is 44.9 Å². The summed E-state index contributed by atoms with van der Waals surface area (Å²) >= 11 is 0. The number of benzene rings is 1. The van der Waals surface area contributed by atoms with Crippen LogP contribution in [0, 0.1) is 0 Å². The first-order chi connectivity index (χ1) is 11.0. The minimum Gasteiger partial charge on any atom is -0.497 e. The van der Waals surface area contributed by atoms with E-state index in [-0.39, 0.29) is 12.2 Å². The lowest BCUT2D eigenvalue weighted by Crippen LogP contribution is -2.31. The van der Waals surface area contributed by atoms with Crippen molar-refractivity contribution < 1.29 is 23.7 Å². The van der Waals surface area contributed by atoms with Gasteiger partial charge in [0.2, 0.25) is 0 Å². The molecule has 1 fully saturated rings. The van der Waals surface area contributed by atoms with Crippen molar-refractivity contribution in [3.8, 4) is 5.75 Å². The summed E-state index contributed by atoms with van der Waals surface area (Å²) in [6, 6.07) is 7.71. The lowest BCUT2D eigenvalue weighted by molar-refractivity contribution is -0.152. The van der Waals surface area contributed by atoms with Crippen LogP contribution < -0.4 is 4.74 Å². The molecule has 1 aliphatic heterocycles. The molecule has 1 saturated heterocycles. The summed E-state index contributed by atoms with van der Waals surface area (Å²) in [5.74, 6) is 0.204. The Labute approximate surface area is 137 Å². The highest BCUT2D eigenvalue weighted by atomic mass is 16.7. The molecule has 0 bridgehead atoms. The lowest BCUT2D eigenvalue weighted by Gasteiger charge is -2.22. The minimum absolute atomic E-state index is 0.189. The number of allylic oxidation sites excluding steroid dienone is 1. The molecular formula is C18H24O5. The SMILES string of the molecule is COc1ccc(CO[C@H](C=CCC=O)[C@@H]2COC(C)(C)O2)cc1. The molecule has 0 radical (unpaired) electrons. The molecule has 0 amide bonds. The summed E-state index contributed by atoms with van der Waals surface area (Å²) < 4.78 is 22.6. The molecule has 5 heteroatoms. The Bertz CT molecular complexity index is 521. The highest BCUT2D eigenvalue weighted by Gasteiger charge is 2.37. The molecule has 0 N–H and O–H groups in total. The maximum absolute atomic E-state index is 10.5. The van der Waals surface area contributed by atoms with Gasteiger partial charge in [-0.25, -0.2) is 0 Å². The number of carbonyl (C=O) groups is 1. The topological polar surface area (TPSA) is 54.0 Å². The fraction of sp³-hybridized carbons (Fsp3) is 0.500. The van der Waals surface area contributed by atoms with Crippen molar-refractivity contribution in [3.05, 3.63) is 42.0 Å². The molecule has 5 nitrogen and oxygen atoms in total. The highest BCUT2D eigenvalue weighted by Crippen LogP contribution is 2.26. The molecule has 0 aliphatic carbocycles.